The first-order valence-electron chi connectivity index (χ1n) is 8.83. The van der Waals surface area contributed by atoms with Gasteiger partial charge in [0.2, 0.25) is 0 Å². The van der Waals surface area contributed by atoms with Crippen LogP contribution in [-0.2, 0) is 11.3 Å². The first-order valence-corrected chi connectivity index (χ1v) is 8.83. The molecular weight excluding hydrogens is 359 g/mol. The molecule has 2 heterocycles. The van der Waals surface area contributed by atoms with Gasteiger partial charge >= 0.3 is 0 Å². The highest BCUT2D eigenvalue weighted by atomic mass is 19.1. The van der Waals surface area contributed by atoms with Gasteiger partial charge in [-0.15, -0.1) is 0 Å². The van der Waals surface area contributed by atoms with E-state index in [1.807, 2.05) is 30.5 Å². The Kier molecular flexibility index (Phi) is 4.90. The molecule has 0 fully saturated rings. The zero-order valence-corrected chi connectivity index (χ0v) is 15.3. The minimum atomic E-state index is -0.333. The summed E-state index contributed by atoms with van der Waals surface area (Å²) in [6.07, 6.45) is 5.01. The molecule has 1 N–H and O–H groups in total. The van der Waals surface area contributed by atoms with E-state index in [1.165, 1.54) is 24.7 Å². The molecule has 2 aromatic carbocycles. The average Bonchev–Trinajstić information content (AvgIpc) is 3.34. The van der Waals surface area contributed by atoms with Gasteiger partial charge in [0.05, 0.1) is 19.1 Å². The fourth-order valence-electron chi connectivity index (χ4n) is 3.13. The minimum Gasteiger partial charge on any atom is -0.383 e. The SMILES string of the molecule is COCCn1ccc2cc(NC(=O)c3cncn3-c3ccc(F)cc3)ccc21. The average molecular weight is 378 g/mol. The summed E-state index contributed by atoms with van der Waals surface area (Å²) in [4.78, 5) is 16.8. The molecule has 0 aliphatic heterocycles. The normalized spacial score (nSPS) is 11.1. The maximum Gasteiger partial charge on any atom is 0.274 e. The van der Waals surface area contributed by atoms with Crippen molar-refractivity contribution in [1.82, 2.24) is 14.1 Å². The van der Waals surface area contributed by atoms with Gasteiger partial charge in [-0.1, -0.05) is 0 Å². The summed E-state index contributed by atoms with van der Waals surface area (Å²) in [7, 11) is 1.68. The predicted octanol–water partition coefficient (Wildman–Crippen LogP) is 3.86. The number of anilines is 1. The number of fused-ring (bicyclic) bond motifs is 1. The highest BCUT2D eigenvalue weighted by molar-refractivity contribution is 6.04. The predicted molar refractivity (Wildman–Crippen MR) is 105 cm³/mol. The Balaban J connectivity index is 1.56. The first-order chi connectivity index (χ1) is 13.7. The maximum absolute atomic E-state index is 13.2. The molecule has 0 bridgehead atoms. The molecule has 2 aromatic heterocycles. The van der Waals surface area contributed by atoms with E-state index in [-0.39, 0.29) is 11.7 Å². The number of aromatic nitrogens is 3. The molecule has 142 valence electrons. The van der Waals surface area contributed by atoms with Crippen LogP contribution in [0.15, 0.2) is 67.3 Å². The van der Waals surface area contributed by atoms with Crippen LogP contribution < -0.4 is 5.32 Å². The molecule has 0 atom stereocenters. The smallest absolute Gasteiger partial charge is 0.274 e. The summed E-state index contributed by atoms with van der Waals surface area (Å²) in [5, 5.41) is 3.93. The fourth-order valence-corrected chi connectivity index (χ4v) is 3.13. The number of benzene rings is 2. The lowest BCUT2D eigenvalue weighted by atomic mass is 10.2. The highest BCUT2D eigenvalue weighted by Crippen LogP contribution is 2.21. The number of carbonyl (C=O) groups excluding carboxylic acids is 1. The maximum atomic E-state index is 13.2. The third-order valence-electron chi connectivity index (χ3n) is 4.54. The summed E-state index contributed by atoms with van der Waals surface area (Å²) < 4.78 is 22.0. The van der Waals surface area contributed by atoms with Crippen molar-refractivity contribution >= 4 is 22.5 Å². The number of nitrogens with zero attached hydrogens (tertiary/aromatic N) is 3. The van der Waals surface area contributed by atoms with Crippen LogP contribution >= 0.6 is 0 Å². The second-order valence-electron chi connectivity index (χ2n) is 6.35. The lowest BCUT2D eigenvalue weighted by molar-refractivity contribution is 0.102. The zero-order valence-electron chi connectivity index (χ0n) is 15.3. The van der Waals surface area contributed by atoms with E-state index >= 15 is 0 Å². The van der Waals surface area contributed by atoms with Gasteiger partial charge in [-0.2, -0.15) is 0 Å². The molecular formula is C21H19FN4O2. The molecule has 28 heavy (non-hydrogen) atoms. The number of rotatable bonds is 6. The van der Waals surface area contributed by atoms with E-state index in [0.29, 0.717) is 23.7 Å². The van der Waals surface area contributed by atoms with Gasteiger partial charge in [-0.25, -0.2) is 9.37 Å². The highest BCUT2D eigenvalue weighted by Gasteiger charge is 2.14. The second-order valence-corrected chi connectivity index (χ2v) is 6.35. The Bertz CT molecular complexity index is 1120. The quantitative estimate of drug-likeness (QED) is 0.554. The molecule has 0 aliphatic rings. The van der Waals surface area contributed by atoms with Crippen molar-refractivity contribution < 1.29 is 13.9 Å². The number of carbonyl (C=O) groups is 1. The molecule has 0 spiro atoms. The Labute approximate surface area is 161 Å². The van der Waals surface area contributed by atoms with E-state index < -0.39 is 0 Å². The second kappa shape index (κ2) is 7.66. The van der Waals surface area contributed by atoms with E-state index in [9.17, 15) is 9.18 Å². The number of hydrogen-bond acceptors (Lipinski definition) is 3. The molecule has 6 nitrogen and oxygen atoms in total. The lowest BCUT2D eigenvalue weighted by Gasteiger charge is -2.10. The van der Waals surface area contributed by atoms with Crippen molar-refractivity contribution in [2.24, 2.45) is 0 Å². The van der Waals surface area contributed by atoms with Crippen LogP contribution in [0.25, 0.3) is 16.6 Å². The molecule has 0 saturated heterocycles. The summed E-state index contributed by atoms with van der Waals surface area (Å²) in [6, 6.07) is 13.7. The monoisotopic (exact) mass is 378 g/mol. The van der Waals surface area contributed by atoms with Gasteiger partial charge in [-0.05, 0) is 48.5 Å². The Morgan fingerprint density at radius 3 is 2.79 bits per heavy atom. The van der Waals surface area contributed by atoms with Gasteiger partial charge in [-0.3, -0.25) is 9.36 Å². The summed E-state index contributed by atoms with van der Waals surface area (Å²) >= 11 is 0. The zero-order chi connectivity index (χ0) is 19.5. The van der Waals surface area contributed by atoms with Crippen LogP contribution in [0.3, 0.4) is 0 Å². The van der Waals surface area contributed by atoms with Gasteiger partial charge in [0.1, 0.15) is 11.5 Å². The van der Waals surface area contributed by atoms with Gasteiger partial charge in [0, 0.05) is 42.1 Å². The van der Waals surface area contributed by atoms with Gasteiger partial charge < -0.3 is 14.6 Å². The van der Waals surface area contributed by atoms with Crippen molar-refractivity contribution in [3.63, 3.8) is 0 Å². The van der Waals surface area contributed by atoms with Crippen LogP contribution in [-0.4, -0.2) is 33.7 Å². The topological polar surface area (TPSA) is 61.1 Å². The van der Waals surface area contributed by atoms with Crippen molar-refractivity contribution in [3.8, 4) is 5.69 Å². The van der Waals surface area contributed by atoms with Crippen LogP contribution in [0, 0.1) is 5.82 Å². The lowest BCUT2D eigenvalue weighted by Crippen LogP contribution is -2.16. The third-order valence-corrected chi connectivity index (χ3v) is 4.54. The molecule has 4 aromatic rings. The van der Waals surface area contributed by atoms with Crippen LogP contribution in [0.4, 0.5) is 10.1 Å². The number of ether oxygens (including phenoxy) is 1. The Morgan fingerprint density at radius 2 is 2.00 bits per heavy atom. The first kappa shape index (κ1) is 17.9. The number of amides is 1. The summed E-state index contributed by atoms with van der Waals surface area (Å²) in [5.41, 5.74) is 2.79. The molecule has 0 unspecified atom stereocenters. The molecule has 4 rings (SSSR count). The third kappa shape index (κ3) is 3.52. The fraction of sp³-hybridized carbons (Fsp3) is 0.143. The van der Waals surface area contributed by atoms with Crippen LogP contribution in [0.2, 0.25) is 0 Å². The van der Waals surface area contributed by atoms with Crippen LogP contribution in [0.1, 0.15) is 10.5 Å². The Hall–Kier alpha value is -3.45. The molecule has 7 heteroatoms. The summed E-state index contributed by atoms with van der Waals surface area (Å²) in [5.74, 6) is -0.624. The number of hydrogen-bond donors (Lipinski definition) is 1. The largest absolute Gasteiger partial charge is 0.383 e. The van der Waals surface area contributed by atoms with E-state index in [2.05, 4.69) is 14.9 Å². The molecule has 0 radical (unpaired) electrons. The number of methoxy groups -OCH3 is 1. The molecule has 1 amide bonds. The van der Waals surface area contributed by atoms with E-state index in [1.54, 1.807) is 23.8 Å². The van der Waals surface area contributed by atoms with Crippen LogP contribution in [0.5, 0.6) is 0 Å². The Morgan fingerprint density at radius 1 is 1.18 bits per heavy atom. The number of imidazole rings is 1. The van der Waals surface area contributed by atoms with Crippen molar-refractivity contribution in [1.29, 1.82) is 0 Å². The van der Waals surface area contributed by atoms with Crippen molar-refractivity contribution in [3.05, 3.63) is 78.8 Å². The van der Waals surface area contributed by atoms with Gasteiger partial charge in [0.15, 0.2) is 0 Å². The molecule has 0 saturated carbocycles. The minimum absolute atomic E-state index is 0.292. The standard InChI is InChI=1S/C21H19FN4O2/c1-28-11-10-25-9-8-15-12-17(4-7-19(15)25)24-21(27)20-13-23-14-26(20)18-5-2-16(22)3-6-18/h2-9,12-14H,10-11H2,1H3,(H,24,27). The van der Waals surface area contributed by atoms with Crippen molar-refractivity contribution in [2.45, 2.75) is 6.54 Å². The van der Waals surface area contributed by atoms with Crippen molar-refractivity contribution in [2.75, 3.05) is 19.0 Å². The van der Waals surface area contributed by atoms with E-state index in [0.717, 1.165) is 17.4 Å². The van der Waals surface area contributed by atoms with E-state index in [4.69, 9.17) is 4.74 Å². The number of nitrogens with one attached hydrogen (secondary N) is 1. The summed E-state index contributed by atoms with van der Waals surface area (Å²) in [6.45, 7) is 1.40. The molecule has 0 aliphatic carbocycles. The van der Waals surface area contributed by atoms with Gasteiger partial charge in [0.25, 0.3) is 5.91 Å². The number of halogens is 1.